The SMILES string of the molecule is CCN(CC)C(=O)c1ccc(C(c2cccc(O[Si](C)(C)C(C)(C)C)c2)N2CC(C)NC(C)C2)cc1. The zero-order chi connectivity index (χ0) is 26.7. The van der Waals surface area contributed by atoms with E-state index >= 15 is 0 Å². The number of nitrogens with one attached hydrogen (secondary N) is 1. The quantitative estimate of drug-likeness (QED) is 0.423. The average molecular weight is 510 g/mol. The monoisotopic (exact) mass is 509 g/mol. The first-order valence-corrected chi connectivity index (χ1v) is 16.5. The van der Waals surface area contributed by atoms with E-state index in [4.69, 9.17) is 4.43 Å². The molecule has 198 valence electrons. The largest absolute Gasteiger partial charge is 0.543 e. The lowest BCUT2D eigenvalue weighted by molar-refractivity contribution is 0.0773. The topological polar surface area (TPSA) is 44.8 Å². The van der Waals surface area contributed by atoms with E-state index in [0.29, 0.717) is 12.1 Å². The maximum Gasteiger partial charge on any atom is 0.253 e. The van der Waals surface area contributed by atoms with E-state index in [1.54, 1.807) is 0 Å². The molecule has 1 aliphatic heterocycles. The molecular weight excluding hydrogens is 462 g/mol. The highest BCUT2D eigenvalue weighted by atomic mass is 28.4. The molecule has 1 heterocycles. The van der Waals surface area contributed by atoms with Gasteiger partial charge in [0.05, 0.1) is 6.04 Å². The number of rotatable bonds is 8. The van der Waals surface area contributed by atoms with E-state index in [0.717, 1.165) is 37.5 Å². The second kappa shape index (κ2) is 11.5. The van der Waals surface area contributed by atoms with Crippen LogP contribution in [-0.4, -0.2) is 62.3 Å². The van der Waals surface area contributed by atoms with Crippen LogP contribution in [0.1, 0.15) is 76.0 Å². The van der Waals surface area contributed by atoms with Gasteiger partial charge in [0.25, 0.3) is 5.91 Å². The first-order valence-electron chi connectivity index (χ1n) is 13.5. The predicted molar refractivity (Wildman–Crippen MR) is 153 cm³/mol. The molecule has 36 heavy (non-hydrogen) atoms. The molecule has 0 aromatic heterocycles. The molecule has 2 aromatic carbocycles. The van der Waals surface area contributed by atoms with Crippen LogP contribution in [0.15, 0.2) is 48.5 Å². The second-order valence-electron chi connectivity index (χ2n) is 11.9. The van der Waals surface area contributed by atoms with E-state index in [2.05, 4.69) is 94.3 Å². The summed E-state index contributed by atoms with van der Waals surface area (Å²) in [6.07, 6.45) is 0. The number of piperazine rings is 1. The number of carbonyl (C=O) groups is 1. The summed E-state index contributed by atoms with van der Waals surface area (Å²) in [6.45, 7) is 23.3. The van der Waals surface area contributed by atoms with Crippen molar-refractivity contribution in [1.82, 2.24) is 15.1 Å². The number of carbonyl (C=O) groups excluding carboxylic acids is 1. The van der Waals surface area contributed by atoms with Gasteiger partial charge in [0.2, 0.25) is 8.32 Å². The molecule has 1 aliphatic rings. The van der Waals surface area contributed by atoms with Gasteiger partial charge >= 0.3 is 0 Å². The number of benzene rings is 2. The van der Waals surface area contributed by atoms with Gasteiger partial charge in [-0.3, -0.25) is 9.69 Å². The van der Waals surface area contributed by atoms with Crippen LogP contribution in [0, 0.1) is 0 Å². The Morgan fingerprint density at radius 1 is 1.03 bits per heavy atom. The molecule has 3 unspecified atom stereocenters. The summed E-state index contributed by atoms with van der Waals surface area (Å²) >= 11 is 0. The molecule has 1 amide bonds. The van der Waals surface area contributed by atoms with Crippen molar-refractivity contribution in [3.63, 3.8) is 0 Å². The Morgan fingerprint density at radius 3 is 2.14 bits per heavy atom. The van der Waals surface area contributed by atoms with Crippen molar-refractivity contribution >= 4 is 14.2 Å². The molecule has 0 spiro atoms. The van der Waals surface area contributed by atoms with E-state index in [1.165, 1.54) is 11.1 Å². The number of hydrogen-bond donors (Lipinski definition) is 1. The van der Waals surface area contributed by atoms with Crippen LogP contribution >= 0.6 is 0 Å². The molecule has 3 rings (SSSR count). The van der Waals surface area contributed by atoms with Crippen molar-refractivity contribution in [3.05, 3.63) is 65.2 Å². The van der Waals surface area contributed by atoms with Crippen molar-refractivity contribution in [3.8, 4) is 5.75 Å². The van der Waals surface area contributed by atoms with Gasteiger partial charge in [0, 0.05) is 43.8 Å². The van der Waals surface area contributed by atoms with Gasteiger partial charge in [-0.05, 0) is 81.2 Å². The molecule has 0 bridgehead atoms. The van der Waals surface area contributed by atoms with Crippen LogP contribution in [0.4, 0.5) is 0 Å². The maximum atomic E-state index is 12.9. The van der Waals surface area contributed by atoms with Crippen molar-refractivity contribution in [2.45, 2.75) is 84.7 Å². The summed E-state index contributed by atoms with van der Waals surface area (Å²) in [5.41, 5.74) is 3.19. The zero-order valence-electron chi connectivity index (χ0n) is 23.9. The highest BCUT2D eigenvalue weighted by Crippen LogP contribution is 2.39. The van der Waals surface area contributed by atoms with E-state index in [1.807, 2.05) is 30.9 Å². The lowest BCUT2D eigenvalue weighted by atomic mass is 9.94. The fraction of sp³-hybridized carbons (Fsp3) is 0.567. The summed E-state index contributed by atoms with van der Waals surface area (Å²) in [7, 11) is -1.95. The normalized spacial score (nSPS) is 20.1. The minimum atomic E-state index is -1.95. The lowest BCUT2D eigenvalue weighted by Crippen LogP contribution is -2.55. The molecule has 1 N–H and O–H groups in total. The molecular formula is C30H47N3O2Si. The van der Waals surface area contributed by atoms with Gasteiger partial charge in [0.15, 0.2) is 0 Å². The third kappa shape index (κ3) is 6.58. The third-order valence-corrected chi connectivity index (χ3v) is 12.2. The summed E-state index contributed by atoms with van der Waals surface area (Å²) < 4.78 is 6.68. The van der Waals surface area contributed by atoms with E-state index in [9.17, 15) is 4.79 Å². The van der Waals surface area contributed by atoms with Crippen LogP contribution in [-0.2, 0) is 0 Å². The summed E-state index contributed by atoms with van der Waals surface area (Å²) in [4.78, 5) is 17.3. The standard InChI is InChI=1S/C30H47N3O2Si/c1-10-32(11-2)29(34)25-17-15-24(16-18-25)28(33-20-22(3)31-23(4)21-33)26-13-12-14-27(19-26)35-36(8,9)30(5,6)7/h12-19,22-23,28,31H,10-11,20-21H2,1-9H3. The first kappa shape index (κ1) is 28.4. The molecule has 0 saturated carbocycles. The minimum absolute atomic E-state index is 0.0947. The summed E-state index contributed by atoms with van der Waals surface area (Å²) in [5.74, 6) is 1.05. The maximum absolute atomic E-state index is 12.9. The van der Waals surface area contributed by atoms with Crippen LogP contribution < -0.4 is 9.74 Å². The van der Waals surface area contributed by atoms with Crippen LogP contribution in [0.2, 0.25) is 18.1 Å². The Labute approximate surface area is 220 Å². The van der Waals surface area contributed by atoms with Crippen molar-refractivity contribution in [2.75, 3.05) is 26.2 Å². The van der Waals surface area contributed by atoms with Gasteiger partial charge in [-0.1, -0.05) is 45.0 Å². The van der Waals surface area contributed by atoms with Gasteiger partial charge in [-0.25, -0.2) is 0 Å². The van der Waals surface area contributed by atoms with Gasteiger partial charge in [0.1, 0.15) is 5.75 Å². The molecule has 0 radical (unpaired) electrons. The molecule has 5 nitrogen and oxygen atoms in total. The van der Waals surface area contributed by atoms with Gasteiger partial charge in [-0.2, -0.15) is 0 Å². The van der Waals surface area contributed by atoms with Crippen LogP contribution in [0.5, 0.6) is 5.75 Å². The highest BCUT2D eigenvalue weighted by Gasteiger charge is 2.39. The Bertz CT molecular complexity index is 1000. The van der Waals surface area contributed by atoms with Crippen molar-refractivity contribution in [2.24, 2.45) is 0 Å². The molecule has 1 fully saturated rings. The average Bonchev–Trinajstić information content (AvgIpc) is 2.79. The number of hydrogen-bond acceptors (Lipinski definition) is 4. The smallest absolute Gasteiger partial charge is 0.253 e. The Hall–Kier alpha value is -2.15. The van der Waals surface area contributed by atoms with E-state index < -0.39 is 8.32 Å². The lowest BCUT2D eigenvalue weighted by Gasteiger charge is -2.41. The molecule has 0 aliphatic carbocycles. The van der Waals surface area contributed by atoms with Gasteiger partial charge < -0.3 is 14.6 Å². The third-order valence-electron chi connectivity index (χ3n) is 7.83. The molecule has 1 saturated heterocycles. The zero-order valence-corrected chi connectivity index (χ0v) is 24.9. The van der Waals surface area contributed by atoms with Crippen molar-refractivity contribution in [1.29, 1.82) is 0 Å². The van der Waals surface area contributed by atoms with Gasteiger partial charge in [-0.15, -0.1) is 0 Å². The predicted octanol–water partition coefficient (Wildman–Crippen LogP) is 6.32. The summed E-state index contributed by atoms with van der Waals surface area (Å²) in [5, 5.41) is 3.80. The van der Waals surface area contributed by atoms with Crippen LogP contribution in [0.3, 0.4) is 0 Å². The number of amides is 1. The second-order valence-corrected chi connectivity index (χ2v) is 16.6. The van der Waals surface area contributed by atoms with E-state index in [-0.39, 0.29) is 17.0 Å². The highest BCUT2D eigenvalue weighted by molar-refractivity contribution is 6.74. The Morgan fingerprint density at radius 2 is 1.61 bits per heavy atom. The molecule has 3 atom stereocenters. The fourth-order valence-electron chi connectivity index (χ4n) is 4.89. The Balaban J connectivity index is 1.99. The molecule has 6 heteroatoms. The van der Waals surface area contributed by atoms with Crippen LogP contribution in [0.25, 0.3) is 0 Å². The fourth-order valence-corrected chi connectivity index (χ4v) is 5.91. The Kier molecular flexibility index (Phi) is 9.07. The minimum Gasteiger partial charge on any atom is -0.543 e. The summed E-state index contributed by atoms with van der Waals surface area (Å²) in [6, 6.07) is 17.8. The first-order chi connectivity index (χ1) is 16.9. The molecule has 2 aromatic rings. The number of nitrogens with zero attached hydrogens (tertiary/aromatic N) is 2. The van der Waals surface area contributed by atoms with Crippen molar-refractivity contribution < 1.29 is 9.22 Å².